The molecule has 0 N–H and O–H groups in total. The Morgan fingerprint density at radius 3 is 3.07 bits per heavy atom. The van der Waals surface area contributed by atoms with Gasteiger partial charge in [0.25, 0.3) is 0 Å². The van der Waals surface area contributed by atoms with Gasteiger partial charge in [-0.2, -0.15) is 0 Å². The summed E-state index contributed by atoms with van der Waals surface area (Å²) in [5.74, 6) is -0.323. The van der Waals surface area contributed by atoms with Gasteiger partial charge in [-0.15, -0.1) is 0 Å². The van der Waals surface area contributed by atoms with Gasteiger partial charge in [-0.25, -0.2) is 4.79 Å². The van der Waals surface area contributed by atoms with Crippen molar-refractivity contribution in [2.45, 2.75) is 31.4 Å². The highest BCUT2D eigenvalue weighted by molar-refractivity contribution is 6.51. The van der Waals surface area contributed by atoms with E-state index in [1.54, 1.807) is 0 Å². The van der Waals surface area contributed by atoms with Gasteiger partial charge in [0, 0.05) is 12.7 Å². The minimum atomic E-state index is -0.915. The number of ether oxygens (including phenoxy) is 1. The fourth-order valence-corrected chi connectivity index (χ4v) is 4.07. The molecule has 1 aliphatic heterocycles. The minimum Gasteiger partial charge on any atom is -0.463 e. The van der Waals surface area contributed by atoms with Gasteiger partial charge in [0.2, 0.25) is 0 Å². The third kappa shape index (κ3) is 4.57. The molecule has 0 aromatic heterocycles. The monoisotopic (exact) mass is 214 g/mol. The highest BCUT2D eigenvalue weighted by Crippen LogP contribution is 2.15. The van der Waals surface area contributed by atoms with Crippen molar-refractivity contribution >= 4 is 15.0 Å². The number of hydrogen-bond acceptors (Lipinski definition) is 3. The van der Waals surface area contributed by atoms with Crippen LogP contribution in [0.1, 0.15) is 19.3 Å². The summed E-state index contributed by atoms with van der Waals surface area (Å²) in [4.78, 5) is 10.7. The van der Waals surface area contributed by atoms with E-state index >= 15 is 0 Å². The predicted octanol–water partition coefficient (Wildman–Crippen LogP) is 1.64. The van der Waals surface area contributed by atoms with Crippen LogP contribution in [0.15, 0.2) is 12.7 Å². The molecular weight excluding hydrogens is 196 g/mol. The molecule has 0 aromatic carbocycles. The Kier molecular flexibility index (Phi) is 5.55. The van der Waals surface area contributed by atoms with Crippen LogP contribution in [0, 0.1) is 0 Å². The maximum atomic E-state index is 10.7. The quantitative estimate of drug-likeness (QED) is 0.302. The third-order valence-corrected chi connectivity index (χ3v) is 5.17. The van der Waals surface area contributed by atoms with E-state index < -0.39 is 9.04 Å². The molecular formula is C10H18O3Si. The Morgan fingerprint density at radius 1 is 1.57 bits per heavy atom. The summed E-state index contributed by atoms with van der Waals surface area (Å²) in [6, 6.07) is 2.42. The van der Waals surface area contributed by atoms with E-state index in [0.29, 0.717) is 6.61 Å². The molecule has 80 valence electrons. The molecule has 0 bridgehead atoms. The van der Waals surface area contributed by atoms with Gasteiger partial charge >= 0.3 is 5.97 Å². The first-order valence-corrected chi connectivity index (χ1v) is 7.34. The van der Waals surface area contributed by atoms with E-state index in [4.69, 9.17) is 9.16 Å². The maximum Gasteiger partial charge on any atom is 0.330 e. The van der Waals surface area contributed by atoms with Crippen LogP contribution >= 0.6 is 0 Å². The zero-order valence-electron chi connectivity index (χ0n) is 8.54. The van der Waals surface area contributed by atoms with Gasteiger partial charge in [0.1, 0.15) is 0 Å². The molecule has 1 aliphatic rings. The second-order valence-corrected chi connectivity index (χ2v) is 6.23. The van der Waals surface area contributed by atoms with Crippen molar-refractivity contribution in [1.29, 1.82) is 0 Å². The van der Waals surface area contributed by atoms with Crippen LogP contribution in [0.3, 0.4) is 0 Å². The number of rotatable bonds is 5. The second kappa shape index (κ2) is 6.78. The average Bonchev–Trinajstić information content (AvgIpc) is 2.25. The predicted molar refractivity (Wildman–Crippen MR) is 57.7 cm³/mol. The van der Waals surface area contributed by atoms with Gasteiger partial charge in [-0.1, -0.05) is 13.0 Å². The van der Waals surface area contributed by atoms with Gasteiger partial charge in [0.05, 0.1) is 6.61 Å². The molecule has 0 radical (unpaired) electrons. The Morgan fingerprint density at radius 2 is 2.43 bits per heavy atom. The molecule has 0 aromatic rings. The van der Waals surface area contributed by atoms with Crippen LogP contribution in [-0.4, -0.2) is 28.2 Å². The van der Waals surface area contributed by atoms with E-state index in [9.17, 15) is 4.79 Å². The van der Waals surface area contributed by atoms with Gasteiger partial charge in [-0.3, -0.25) is 0 Å². The molecule has 0 amide bonds. The second-order valence-electron chi connectivity index (χ2n) is 3.50. The molecule has 1 saturated heterocycles. The standard InChI is InChI=1S/C10H18O3Si/c1-2-10(11)12-6-5-9-14-8-4-3-7-13-14/h2,14H,1,3-9H2. The maximum absolute atomic E-state index is 10.7. The van der Waals surface area contributed by atoms with Crippen molar-refractivity contribution in [2.75, 3.05) is 13.2 Å². The van der Waals surface area contributed by atoms with E-state index in [1.807, 2.05) is 0 Å². The summed E-state index contributed by atoms with van der Waals surface area (Å²) < 4.78 is 10.6. The fraction of sp³-hybridized carbons (Fsp3) is 0.700. The number of carbonyl (C=O) groups excluding carboxylic acids is 1. The molecule has 3 nitrogen and oxygen atoms in total. The smallest absolute Gasteiger partial charge is 0.330 e. The lowest BCUT2D eigenvalue weighted by Gasteiger charge is -2.20. The van der Waals surface area contributed by atoms with Crippen LogP contribution in [0.25, 0.3) is 0 Å². The zero-order valence-corrected chi connectivity index (χ0v) is 9.69. The largest absolute Gasteiger partial charge is 0.463 e. The van der Waals surface area contributed by atoms with Crippen LogP contribution in [0.2, 0.25) is 12.1 Å². The van der Waals surface area contributed by atoms with Crippen LogP contribution in [0.5, 0.6) is 0 Å². The summed E-state index contributed by atoms with van der Waals surface area (Å²) in [6.07, 6.45) is 4.68. The molecule has 1 heterocycles. The molecule has 1 rings (SSSR count). The molecule has 1 fully saturated rings. The van der Waals surface area contributed by atoms with Crippen molar-refractivity contribution in [2.24, 2.45) is 0 Å². The highest BCUT2D eigenvalue weighted by atomic mass is 28.3. The third-order valence-electron chi connectivity index (χ3n) is 2.36. The molecule has 0 spiro atoms. The van der Waals surface area contributed by atoms with E-state index in [-0.39, 0.29) is 5.97 Å². The van der Waals surface area contributed by atoms with Gasteiger partial charge < -0.3 is 9.16 Å². The van der Waals surface area contributed by atoms with Crippen molar-refractivity contribution in [3.05, 3.63) is 12.7 Å². The lowest BCUT2D eigenvalue weighted by Crippen LogP contribution is -2.23. The van der Waals surface area contributed by atoms with Crippen molar-refractivity contribution in [3.8, 4) is 0 Å². The summed E-state index contributed by atoms with van der Waals surface area (Å²) >= 11 is 0. The van der Waals surface area contributed by atoms with Crippen molar-refractivity contribution < 1.29 is 14.0 Å². The topological polar surface area (TPSA) is 35.5 Å². The molecule has 14 heavy (non-hydrogen) atoms. The van der Waals surface area contributed by atoms with Gasteiger partial charge in [-0.05, 0) is 24.9 Å². The first-order chi connectivity index (χ1) is 6.83. The first kappa shape index (κ1) is 11.5. The first-order valence-electron chi connectivity index (χ1n) is 5.23. The SMILES string of the molecule is C=CC(=O)OCCC[SiH]1CCCCO1. The summed E-state index contributed by atoms with van der Waals surface area (Å²) in [6.45, 7) is 4.80. The Bertz CT molecular complexity index is 188. The van der Waals surface area contributed by atoms with Crippen LogP contribution in [0.4, 0.5) is 0 Å². The van der Waals surface area contributed by atoms with Crippen molar-refractivity contribution in [1.82, 2.24) is 0 Å². The van der Waals surface area contributed by atoms with E-state index in [0.717, 1.165) is 19.1 Å². The summed E-state index contributed by atoms with van der Waals surface area (Å²) in [7, 11) is -0.915. The number of carbonyl (C=O) groups is 1. The molecule has 1 unspecified atom stereocenters. The van der Waals surface area contributed by atoms with Crippen LogP contribution in [-0.2, 0) is 14.0 Å². The minimum absolute atomic E-state index is 0.323. The highest BCUT2D eigenvalue weighted by Gasteiger charge is 2.15. The zero-order chi connectivity index (χ0) is 10.2. The number of hydrogen-bond donors (Lipinski definition) is 0. The van der Waals surface area contributed by atoms with E-state index in [2.05, 4.69) is 6.58 Å². The average molecular weight is 214 g/mol. The summed E-state index contributed by atoms with van der Waals surface area (Å²) in [5, 5.41) is 0. The molecule has 4 heteroatoms. The van der Waals surface area contributed by atoms with Crippen LogP contribution < -0.4 is 0 Å². The molecule has 0 aliphatic carbocycles. The molecule has 0 saturated carbocycles. The number of esters is 1. The summed E-state index contributed by atoms with van der Waals surface area (Å²) in [5.41, 5.74) is 0. The Balaban J connectivity index is 1.97. The fourth-order valence-electron chi connectivity index (χ4n) is 1.58. The Labute approximate surface area is 86.8 Å². The van der Waals surface area contributed by atoms with Gasteiger partial charge in [0.15, 0.2) is 9.04 Å². The lowest BCUT2D eigenvalue weighted by atomic mass is 10.4. The lowest BCUT2D eigenvalue weighted by molar-refractivity contribution is -0.137. The normalized spacial score (nSPS) is 21.6. The molecule has 1 atom stereocenters. The van der Waals surface area contributed by atoms with E-state index in [1.165, 1.54) is 25.0 Å². The Hall–Kier alpha value is -0.613. The van der Waals surface area contributed by atoms with Crippen molar-refractivity contribution in [3.63, 3.8) is 0 Å².